The minimum atomic E-state index is -4.63. The largest absolute Gasteiger partial charge is 0.416 e. The summed E-state index contributed by atoms with van der Waals surface area (Å²) < 4.78 is 37.0. The van der Waals surface area contributed by atoms with Crippen molar-refractivity contribution in [2.45, 2.75) is 6.18 Å². The Morgan fingerprint density at radius 2 is 2.12 bits per heavy atom. The van der Waals surface area contributed by atoms with Gasteiger partial charge in [-0.1, -0.05) is 0 Å². The standard InChI is InChI=1S/C9H7F3N3O2/c1-2-13-14-7-4-3-6(9(10,11)12)5-8(7)15(16)17/h2-5,14H,1H2. The van der Waals surface area contributed by atoms with E-state index in [9.17, 15) is 23.3 Å². The topological polar surface area (TPSA) is 67.5 Å². The zero-order chi connectivity index (χ0) is 13.1. The van der Waals surface area contributed by atoms with Gasteiger partial charge in [-0.25, -0.2) is 0 Å². The lowest BCUT2D eigenvalue weighted by atomic mass is 10.1. The third-order valence-corrected chi connectivity index (χ3v) is 1.80. The molecule has 0 aliphatic carbocycles. The van der Waals surface area contributed by atoms with Crippen molar-refractivity contribution in [3.05, 3.63) is 40.8 Å². The lowest BCUT2D eigenvalue weighted by molar-refractivity contribution is -0.384. The van der Waals surface area contributed by atoms with Gasteiger partial charge in [-0.2, -0.15) is 18.3 Å². The van der Waals surface area contributed by atoms with E-state index in [2.05, 4.69) is 17.5 Å². The van der Waals surface area contributed by atoms with E-state index in [1.165, 1.54) is 0 Å². The van der Waals surface area contributed by atoms with Gasteiger partial charge in [-0.3, -0.25) is 15.5 Å². The Morgan fingerprint density at radius 1 is 1.47 bits per heavy atom. The molecule has 0 amide bonds. The van der Waals surface area contributed by atoms with Crippen molar-refractivity contribution in [1.82, 2.24) is 0 Å². The average molecular weight is 246 g/mol. The fourth-order valence-electron chi connectivity index (χ4n) is 1.07. The van der Waals surface area contributed by atoms with Crippen LogP contribution in [-0.2, 0) is 6.18 Å². The van der Waals surface area contributed by atoms with Crippen molar-refractivity contribution >= 4 is 17.6 Å². The number of halogens is 3. The van der Waals surface area contributed by atoms with Crippen LogP contribution in [0, 0.1) is 17.0 Å². The van der Waals surface area contributed by atoms with Gasteiger partial charge in [0, 0.05) is 12.3 Å². The summed E-state index contributed by atoms with van der Waals surface area (Å²) in [6.45, 7) is 3.23. The van der Waals surface area contributed by atoms with E-state index in [0.29, 0.717) is 6.07 Å². The zero-order valence-corrected chi connectivity index (χ0v) is 8.36. The molecule has 1 aromatic rings. The highest BCUT2D eigenvalue weighted by Gasteiger charge is 2.32. The number of nitro benzene ring substituents is 1. The molecule has 17 heavy (non-hydrogen) atoms. The van der Waals surface area contributed by atoms with Crippen LogP contribution >= 0.6 is 0 Å². The van der Waals surface area contributed by atoms with Gasteiger partial charge in [0.25, 0.3) is 5.69 Å². The molecular formula is C9H7F3N3O2. The van der Waals surface area contributed by atoms with Crippen molar-refractivity contribution in [2.24, 2.45) is 5.10 Å². The second kappa shape index (κ2) is 4.81. The molecule has 1 radical (unpaired) electrons. The number of hydrogen-bond acceptors (Lipinski definition) is 4. The number of anilines is 1. The van der Waals surface area contributed by atoms with Gasteiger partial charge in [0.15, 0.2) is 0 Å². The number of nitro groups is 1. The Labute approximate surface area is 94.1 Å². The van der Waals surface area contributed by atoms with Gasteiger partial charge < -0.3 is 0 Å². The monoisotopic (exact) mass is 246 g/mol. The summed E-state index contributed by atoms with van der Waals surface area (Å²) >= 11 is 0. The van der Waals surface area contributed by atoms with Crippen molar-refractivity contribution in [2.75, 3.05) is 5.43 Å². The first-order chi connectivity index (χ1) is 7.86. The smallest absolute Gasteiger partial charge is 0.272 e. The Kier molecular flexibility index (Phi) is 3.66. The van der Waals surface area contributed by atoms with Gasteiger partial charge in [0.1, 0.15) is 5.69 Å². The Hall–Kier alpha value is -2.12. The van der Waals surface area contributed by atoms with E-state index in [1.54, 1.807) is 0 Å². The molecule has 91 valence electrons. The predicted octanol–water partition coefficient (Wildman–Crippen LogP) is 2.85. The van der Waals surface area contributed by atoms with E-state index in [4.69, 9.17) is 0 Å². The first-order valence-electron chi connectivity index (χ1n) is 4.28. The Morgan fingerprint density at radius 3 is 2.59 bits per heavy atom. The highest BCUT2D eigenvalue weighted by atomic mass is 19.4. The highest BCUT2D eigenvalue weighted by molar-refractivity contribution is 5.67. The van der Waals surface area contributed by atoms with Gasteiger partial charge in [0.2, 0.25) is 0 Å². The third-order valence-electron chi connectivity index (χ3n) is 1.80. The van der Waals surface area contributed by atoms with Crippen LogP contribution in [0.2, 0.25) is 0 Å². The number of alkyl halides is 3. The fourth-order valence-corrected chi connectivity index (χ4v) is 1.07. The molecule has 0 unspecified atom stereocenters. The molecule has 0 spiro atoms. The maximum atomic E-state index is 12.3. The molecule has 1 N–H and O–H groups in total. The van der Waals surface area contributed by atoms with Crippen molar-refractivity contribution < 1.29 is 18.1 Å². The minimum Gasteiger partial charge on any atom is -0.272 e. The lowest BCUT2D eigenvalue weighted by Gasteiger charge is -2.08. The molecule has 0 aliphatic heterocycles. The summed E-state index contributed by atoms with van der Waals surface area (Å²) in [6, 6.07) is 2.11. The molecular weight excluding hydrogens is 239 g/mol. The maximum absolute atomic E-state index is 12.3. The Balaban J connectivity index is 3.22. The van der Waals surface area contributed by atoms with Crippen LogP contribution in [0.25, 0.3) is 0 Å². The molecule has 0 fully saturated rings. The number of benzene rings is 1. The normalized spacial score (nSPS) is 11.8. The zero-order valence-electron chi connectivity index (χ0n) is 8.36. The lowest BCUT2D eigenvalue weighted by Crippen LogP contribution is -2.06. The molecule has 0 bridgehead atoms. The number of hydrogen-bond donors (Lipinski definition) is 1. The van der Waals surface area contributed by atoms with Gasteiger partial charge in [-0.05, 0) is 19.1 Å². The predicted molar refractivity (Wildman–Crippen MR) is 55.6 cm³/mol. The third kappa shape index (κ3) is 3.16. The number of nitrogens with zero attached hydrogens (tertiary/aromatic N) is 2. The number of hydrazone groups is 1. The van der Waals surface area contributed by atoms with Crippen molar-refractivity contribution in [3.63, 3.8) is 0 Å². The van der Waals surface area contributed by atoms with E-state index in [-0.39, 0.29) is 5.69 Å². The summed E-state index contributed by atoms with van der Waals surface area (Å²) in [5.74, 6) is 0. The highest BCUT2D eigenvalue weighted by Crippen LogP contribution is 2.34. The first kappa shape index (κ1) is 12.9. The van der Waals surface area contributed by atoms with E-state index >= 15 is 0 Å². The molecule has 8 heteroatoms. The Bertz CT molecular complexity index is 457. The average Bonchev–Trinajstić information content (AvgIpc) is 2.24. The first-order valence-corrected chi connectivity index (χ1v) is 4.28. The summed E-state index contributed by atoms with van der Waals surface area (Å²) in [5.41, 5.74) is 0.292. The molecule has 0 aliphatic rings. The van der Waals surface area contributed by atoms with E-state index in [1.807, 2.05) is 0 Å². The molecule has 1 aromatic carbocycles. The second-order valence-corrected chi connectivity index (χ2v) is 2.91. The van der Waals surface area contributed by atoms with Crippen LogP contribution in [0.3, 0.4) is 0 Å². The van der Waals surface area contributed by atoms with Gasteiger partial charge in [-0.15, -0.1) is 0 Å². The molecule has 5 nitrogen and oxygen atoms in total. The van der Waals surface area contributed by atoms with E-state index < -0.39 is 22.4 Å². The molecule has 0 aromatic heterocycles. The van der Waals surface area contributed by atoms with Crippen LogP contribution in [0.15, 0.2) is 23.3 Å². The van der Waals surface area contributed by atoms with Gasteiger partial charge >= 0.3 is 6.18 Å². The molecule has 1 rings (SSSR count). The number of rotatable bonds is 3. The number of nitrogens with one attached hydrogen (secondary N) is 1. The maximum Gasteiger partial charge on any atom is 0.416 e. The van der Waals surface area contributed by atoms with Crippen LogP contribution in [0.5, 0.6) is 0 Å². The molecule has 0 atom stereocenters. The van der Waals surface area contributed by atoms with Crippen molar-refractivity contribution in [1.29, 1.82) is 0 Å². The SMILES string of the molecule is [CH2]C=NNc1ccc(C(F)(F)F)cc1[N+](=O)[O-]. The summed E-state index contributed by atoms with van der Waals surface area (Å²) in [5, 5.41) is 14.0. The van der Waals surface area contributed by atoms with Crippen LogP contribution in [0.4, 0.5) is 24.5 Å². The molecule has 0 saturated carbocycles. The summed E-state index contributed by atoms with van der Waals surface area (Å²) in [4.78, 5) is 9.67. The minimum absolute atomic E-state index is 0.136. The fraction of sp³-hybridized carbons (Fsp3) is 0.111. The van der Waals surface area contributed by atoms with E-state index in [0.717, 1.165) is 18.3 Å². The quantitative estimate of drug-likeness (QED) is 0.506. The van der Waals surface area contributed by atoms with Crippen molar-refractivity contribution in [3.8, 4) is 0 Å². The van der Waals surface area contributed by atoms with Gasteiger partial charge in [0.05, 0.1) is 10.5 Å². The summed E-state index contributed by atoms with van der Waals surface area (Å²) in [7, 11) is 0. The van der Waals surface area contributed by atoms with Crippen LogP contribution in [0.1, 0.15) is 5.56 Å². The van der Waals surface area contributed by atoms with Crippen LogP contribution < -0.4 is 5.43 Å². The molecule has 0 saturated heterocycles. The second-order valence-electron chi connectivity index (χ2n) is 2.91. The van der Waals surface area contributed by atoms with Crippen LogP contribution in [-0.4, -0.2) is 11.1 Å². The summed E-state index contributed by atoms with van der Waals surface area (Å²) in [6.07, 6.45) is -3.56. The molecule has 0 heterocycles.